The SMILES string of the molecule is CC(C)(CC(=O)O)c1cc2oc(=O)sc2cc1O. The normalized spacial score (nSPS) is 11.9. The quantitative estimate of drug-likeness (QED) is 0.891. The molecule has 2 rings (SSSR count). The Hall–Kier alpha value is -1.82. The standard InChI is InChI=1S/C12H12O5S/c1-12(2,5-10(14)15)6-3-8-9(4-7(6)13)18-11(16)17-8/h3-4,13H,5H2,1-2H3,(H,14,15). The zero-order valence-electron chi connectivity index (χ0n) is 9.89. The van der Waals surface area contributed by atoms with Crippen molar-refractivity contribution in [3.63, 3.8) is 0 Å². The van der Waals surface area contributed by atoms with Crippen molar-refractivity contribution in [2.75, 3.05) is 0 Å². The predicted octanol–water partition coefficient (Wildman–Crippen LogP) is 2.31. The van der Waals surface area contributed by atoms with E-state index in [1.165, 1.54) is 12.1 Å². The summed E-state index contributed by atoms with van der Waals surface area (Å²) in [6.07, 6.45) is -0.125. The number of hydrogen-bond donors (Lipinski definition) is 2. The summed E-state index contributed by atoms with van der Waals surface area (Å²) in [6.45, 7) is 3.43. The van der Waals surface area contributed by atoms with E-state index in [-0.39, 0.29) is 12.2 Å². The second-order valence-electron chi connectivity index (χ2n) is 4.72. The van der Waals surface area contributed by atoms with Crippen LogP contribution in [0.2, 0.25) is 0 Å². The van der Waals surface area contributed by atoms with Gasteiger partial charge in [0.15, 0.2) is 0 Å². The smallest absolute Gasteiger partial charge is 0.396 e. The molecule has 0 aliphatic rings. The molecule has 96 valence electrons. The first-order valence-electron chi connectivity index (χ1n) is 5.28. The van der Waals surface area contributed by atoms with Gasteiger partial charge in [0.1, 0.15) is 11.3 Å². The van der Waals surface area contributed by atoms with Gasteiger partial charge in [-0.15, -0.1) is 0 Å². The molecule has 0 saturated heterocycles. The predicted molar refractivity (Wildman–Crippen MR) is 67.3 cm³/mol. The van der Waals surface area contributed by atoms with Gasteiger partial charge in [-0.05, 0) is 6.07 Å². The zero-order chi connectivity index (χ0) is 13.5. The minimum absolute atomic E-state index is 0.0224. The summed E-state index contributed by atoms with van der Waals surface area (Å²) >= 11 is 0.901. The Labute approximate surface area is 106 Å². The highest BCUT2D eigenvalue weighted by molar-refractivity contribution is 7.16. The molecular weight excluding hydrogens is 256 g/mol. The van der Waals surface area contributed by atoms with Crippen molar-refractivity contribution in [1.29, 1.82) is 0 Å². The third-order valence-electron chi connectivity index (χ3n) is 2.77. The van der Waals surface area contributed by atoms with Crippen LogP contribution in [0.5, 0.6) is 5.75 Å². The molecule has 0 aliphatic carbocycles. The van der Waals surface area contributed by atoms with E-state index in [0.717, 1.165) is 11.3 Å². The third kappa shape index (κ3) is 2.24. The molecule has 18 heavy (non-hydrogen) atoms. The third-order valence-corrected chi connectivity index (χ3v) is 3.56. The molecule has 0 amide bonds. The number of hydrogen-bond acceptors (Lipinski definition) is 5. The molecule has 0 radical (unpaired) electrons. The number of aliphatic carboxylic acids is 1. The van der Waals surface area contributed by atoms with Crippen molar-refractivity contribution in [2.24, 2.45) is 0 Å². The first-order chi connectivity index (χ1) is 8.29. The summed E-state index contributed by atoms with van der Waals surface area (Å²) in [4.78, 5) is 21.5. The van der Waals surface area contributed by atoms with E-state index in [2.05, 4.69) is 0 Å². The van der Waals surface area contributed by atoms with Crippen LogP contribution >= 0.6 is 11.3 Å². The van der Waals surface area contributed by atoms with Crippen LogP contribution in [0.25, 0.3) is 10.3 Å². The number of fused-ring (bicyclic) bond motifs is 1. The lowest BCUT2D eigenvalue weighted by Gasteiger charge is -2.23. The Morgan fingerprint density at radius 2 is 2.11 bits per heavy atom. The summed E-state index contributed by atoms with van der Waals surface area (Å²) < 4.78 is 5.52. The van der Waals surface area contributed by atoms with Crippen molar-refractivity contribution in [1.82, 2.24) is 0 Å². The van der Waals surface area contributed by atoms with Gasteiger partial charge in [-0.25, -0.2) is 4.79 Å². The van der Waals surface area contributed by atoms with Crippen molar-refractivity contribution in [3.05, 3.63) is 27.4 Å². The van der Waals surface area contributed by atoms with Gasteiger partial charge >= 0.3 is 10.9 Å². The van der Waals surface area contributed by atoms with Gasteiger partial charge in [-0.3, -0.25) is 4.79 Å². The number of carbonyl (C=O) groups is 1. The molecule has 5 nitrogen and oxygen atoms in total. The van der Waals surface area contributed by atoms with Gasteiger partial charge in [0.25, 0.3) is 0 Å². The molecule has 2 aromatic rings. The zero-order valence-corrected chi connectivity index (χ0v) is 10.7. The average Bonchev–Trinajstić information content (AvgIpc) is 2.53. The molecule has 1 aromatic heterocycles. The largest absolute Gasteiger partial charge is 0.508 e. The molecule has 0 fully saturated rings. The first kappa shape index (κ1) is 12.6. The molecule has 1 heterocycles. The van der Waals surface area contributed by atoms with Gasteiger partial charge < -0.3 is 14.6 Å². The van der Waals surface area contributed by atoms with E-state index in [9.17, 15) is 14.7 Å². The Morgan fingerprint density at radius 3 is 2.72 bits per heavy atom. The summed E-state index contributed by atoms with van der Waals surface area (Å²) in [5.74, 6) is -0.975. The topological polar surface area (TPSA) is 87.7 Å². The van der Waals surface area contributed by atoms with Gasteiger partial charge in [-0.1, -0.05) is 25.2 Å². The van der Waals surface area contributed by atoms with E-state index in [4.69, 9.17) is 9.52 Å². The Bertz CT molecular complexity index is 665. The molecule has 0 atom stereocenters. The summed E-state index contributed by atoms with van der Waals surface area (Å²) in [6, 6.07) is 2.97. The van der Waals surface area contributed by atoms with Gasteiger partial charge in [-0.2, -0.15) is 0 Å². The molecule has 0 bridgehead atoms. The lowest BCUT2D eigenvalue weighted by Crippen LogP contribution is -2.21. The number of phenolic OH excluding ortho intramolecular Hbond substituents is 1. The number of carboxylic acids is 1. The highest BCUT2D eigenvalue weighted by Crippen LogP contribution is 2.37. The minimum atomic E-state index is -0.953. The van der Waals surface area contributed by atoms with Crippen LogP contribution in [0.3, 0.4) is 0 Å². The molecule has 2 N–H and O–H groups in total. The minimum Gasteiger partial charge on any atom is -0.508 e. The molecular formula is C12H12O5S. The van der Waals surface area contributed by atoms with E-state index in [1.54, 1.807) is 13.8 Å². The number of benzene rings is 1. The summed E-state index contributed by atoms with van der Waals surface area (Å²) in [5, 5.41) is 18.8. The lowest BCUT2D eigenvalue weighted by molar-refractivity contribution is -0.138. The Kier molecular flexibility index (Phi) is 2.90. The molecule has 0 aliphatic heterocycles. The molecule has 0 spiro atoms. The van der Waals surface area contributed by atoms with Gasteiger partial charge in [0.05, 0.1) is 11.1 Å². The van der Waals surface area contributed by atoms with Crippen LogP contribution < -0.4 is 4.94 Å². The van der Waals surface area contributed by atoms with Crippen LogP contribution in [0.1, 0.15) is 25.8 Å². The second kappa shape index (κ2) is 4.13. The highest BCUT2D eigenvalue weighted by atomic mass is 32.1. The highest BCUT2D eigenvalue weighted by Gasteiger charge is 2.28. The molecule has 0 saturated carbocycles. The van der Waals surface area contributed by atoms with Gasteiger partial charge in [0, 0.05) is 17.0 Å². The van der Waals surface area contributed by atoms with Crippen LogP contribution in [0, 0.1) is 0 Å². The Morgan fingerprint density at radius 1 is 1.44 bits per heavy atom. The van der Waals surface area contributed by atoms with Crippen LogP contribution in [-0.2, 0) is 10.2 Å². The summed E-state index contributed by atoms with van der Waals surface area (Å²) in [7, 11) is 0. The maximum absolute atomic E-state index is 11.1. The van der Waals surface area contributed by atoms with Crippen LogP contribution in [0.4, 0.5) is 0 Å². The fourth-order valence-corrected chi connectivity index (χ4v) is 2.61. The fourth-order valence-electron chi connectivity index (χ4n) is 1.92. The number of rotatable bonds is 3. The van der Waals surface area contributed by atoms with Crippen molar-refractivity contribution in [3.8, 4) is 5.75 Å². The van der Waals surface area contributed by atoms with Crippen molar-refractivity contribution >= 4 is 27.6 Å². The van der Waals surface area contributed by atoms with E-state index in [1.807, 2.05) is 0 Å². The number of aromatic hydroxyl groups is 1. The van der Waals surface area contributed by atoms with Crippen LogP contribution in [0.15, 0.2) is 21.3 Å². The van der Waals surface area contributed by atoms with E-state index >= 15 is 0 Å². The maximum atomic E-state index is 11.1. The average molecular weight is 268 g/mol. The lowest BCUT2D eigenvalue weighted by atomic mass is 9.81. The number of carboxylic acid groups (broad SMARTS) is 1. The molecule has 0 unspecified atom stereocenters. The first-order valence-corrected chi connectivity index (χ1v) is 6.10. The number of phenols is 1. The summed E-state index contributed by atoms with van der Waals surface area (Å²) in [5.41, 5.74) is 0.0835. The Balaban J connectivity index is 2.59. The second-order valence-corrected chi connectivity index (χ2v) is 5.70. The van der Waals surface area contributed by atoms with Crippen LogP contribution in [-0.4, -0.2) is 16.2 Å². The van der Waals surface area contributed by atoms with E-state index in [0.29, 0.717) is 15.8 Å². The van der Waals surface area contributed by atoms with E-state index < -0.39 is 16.3 Å². The maximum Gasteiger partial charge on any atom is 0.396 e. The van der Waals surface area contributed by atoms with Crippen molar-refractivity contribution < 1.29 is 19.4 Å². The van der Waals surface area contributed by atoms with Gasteiger partial charge in [0.2, 0.25) is 0 Å². The molecule has 1 aromatic carbocycles. The molecule has 6 heteroatoms. The van der Waals surface area contributed by atoms with Crippen molar-refractivity contribution in [2.45, 2.75) is 25.7 Å². The monoisotopic (exact) mass is 268 g/mol. The fraction of sp³-hybridized carbons (Fsp3) is 0.333.